The molecular formula is C15H18N2O3. The average Bonchev–Trinajstić information content (AvgIpc) is 2.38. The maximum absolute atomic E-state index is 12.0. The van der Waals surface area contributed by atoms with E-state index in [2.05, 4.69) is 11.2 Å². The third kappa shape index (κ3) is 4.65. The number of carboxylic acid groups (broad SMARTS) is 1. The zero-order valence-corrected chi connectivity index (χ0v) is 11.6. The van der Waals surface area contributed by atoms with Crippen LogP contribution in [0.15, 0.2) is 24.3 Å². The summed E-state index contributed by atoms with van der Waals surface area (Å²) in [6, 6.07) is 7.03. The summed E-state index contributed by atoms with van der Waals surface area (Å²) in [7, 11) is 0. The summed E-state index contributed by atoms with van der Waals surface area (Å²) in [4.78, 5) is 23.7. The number of carbonyl (C=O) groups is 2. The zero-order chi connectivity index (χ0) is 15.1. The van der Waals surface area contributed by atoms with Crippen molar-refractivity contribution in [1.82, 2.24) is 10.2 Å². The lowest BCUT2D eigenvalue weighted by atomic mass is 10.1. The fourth-order valence-electron chi connectivity index (χ4n) is 1.69. The molecule has 0 spiro atoms. The second-order valence-corrected chi connectivity index (χ2v) is 4.54. The average molecular weight is 274 g/mol. The van der Waals surface area contributed by atoms with Gasteiger partial charge in [0, 0.05) is 0 Å². The predicted molar refractivity (Wildman–Crippen MR) is 76.2 cm³/mol. The number of rotatable bonds is 5. The van der Waals surface area contributed by atoms with Crippen molar-refractivity contribution in [2.24, 2.45) is 0 Å². The molecule has 1 aromatic carbocycles. The molecule has 1 atom stereocenters. The fourth-order valence-corrected chi connectivity index (χ4v) is 1.69. The second-order valence-electron chi connectivity index (χ2n) is 4.54. The van der Waals surface area contributed by atoms with E-state index < -0.39 is 18.5 Å². The van der Waals surface area contributed by atoms with Crippen LogP contribution in [0.4, 0.5) is 4.79 Å². The Morgan fingerprint density at radius 1 is 1.40 bits per heavy atom. The number of benzene rings is 1. The minimum atomic E-state index is -1.10. The first kappa shape index (κ1) is 15.6. The zero-order valence-electron chi connectivity index (χ0n) is 11.6. The van der Waals surface area contributed by atoms with Crippen LogP contribution in [0.5, 0.6) is 0 Å². The van der Waals surface area contributed by atoms with Crippen molar-refractivity contribution in [1.29, 1.82) is 0 Å². The van der Waals surface area contributed by atoms with Crippen molar-refractivity contribution in [3.8, 4) is 12.3 Å². The Kier molecular flexibility index (Phi) is 5.60. The number of nitrogens with zero attached hydrogens (tertiary/aromatic N) is 1. The Labute approximate surface area is 118 Å². The van der Waals surface area contributed by atoms with Gasteiger partial charge in [0.25, 0.3) is 0 Å². The molecule has 0 heterocycles. The summed E-state index contributed by atoms with van der Waals surface area (Å²) >= 11 is 0. The van der Waals surface area contributed by atoms with E-state index in [1.54, 1.807) is 0 Å². The first-order valence-electron chi connectivity index (χ1n) is 6.21. The summed E-state index contributed by atoms with van der Waals surface area (Å²) in [6.45, 7) is 3.35. The first-order valence-corrected chi connectivity index (χ1v) is 6.21. The Morgan fingerprint density at radius 2 is 2.00 bits per heavy atom. The van der Waals surface area contributed by atoms with Crippen LogP contribution in [0.1, 0.15) is 24.1 Å². The van der Waals surface area contributed by atoms with Crippen molar-refractivity contribution in [2.45, 2.75) is 19.9 Å². The second kappa shape index (κ2) is 7.19. The van der Waals surface area contributed by atoms with Crippen LogP contribution < -0.4 is 5.32 Å². The highest BCUT2D eigenvalue weighted by Crippen LogP contribution is 2.13. The van der Waals surface area contributed by atoms with Gasteiger partial charge in [0.1, 0.15) is 6.54 Å². The van der Waals surface area contributed by atoms with Crippen LogP contribution in [0.25, 0.3) is 0 Å². The van der Waals surface area contributed by atoms with Crippen LogP contribution >= 0.6 is 0 Å². The molecule has 2 N–H and O–H groups in total. The lowest BCUT2D eigenvalue weighted by molar-refractivity contribution is -0.137. The predicted octanol–water partition coefficient (Wildman–Crippen LogP) is 1.79. The van der Waals surface area contributed by atoms with Crippen LogP contribution in [0.2, 0.25) is 0 Å². The number of aryl methyl sites for hydroxylation is 1. The number of hydrogen-bond donors (Lipinski definition) is 2. The van der Waals surface area contributed by atoms with Crippen LogP contribution in [0, 0.1) is 19.3 Å². The summed E-state index contributed by atoms with van der Waals surface area (Å²) < 4.78 is 0. The molecule has 0 saturated carbocycles. The number of aliphatic carboxylic acids is 1. The van der Waals surface area contributed by atoms with E-state index in [0.29, 0.717) is 0 Å². The summed E-state index contributed by atoms with van der Waals surface area (Å²) in [5.74, 6) is 1.18. The standard InChI is InChI=1S/C15H18N2O3/c1-4-9-17(10-14(18)19)15(20)16-12(3)13-7-5-11(2)6-8-13/h1,5-8,12H,9-10H2,2-3H3,(H,16,20)(H,18,19). The van der Waals surface area contributed by atoms with Crippen molar-refractivity contribution in [3.63, 3.8) is 0 Å². The molecule has 1 aromatic rings. The van der Waals surface area contributed by atoms with E-state index in [0.717, 1.165) is 16.0 Å². The maximum atomic E-state index is 12.0. The molecule has 0 radical (unpaired) electrons. The monoisotopic (exact) mass is 274 g/mol. The Morgan fingerprint density at radius 3 is 2.50 bits per heavy atom. The lowest BCUT2D eigenvalue weighted by Gasteiger charge is -2.22. The highest BCUT2D eigenvalue weighted by molar-refractivity contribution is 5.80. The smallest absolute Gasteiger partial charge is 0.323 e. The van der Waals surface area contributed by atoms with Crippen LogP contribution in [0.3, 0.4) is 0 Å². The molecule has 106 valence electrons. The SMILES string of the molecule is C#CCN(CC(=O)O)C(=O)NC(C)c1ccc(C)cc1. The Hall–Kier alpha value is -2.48. The molecule has 0 bridgehead atoms. The van der Waals surface area contributed by atoms with Crippen LogP contribution in [-0.4, -0.2) is 35.1 Å². The van der Waals surface area contributed by atoms with E-state index in [1.807, 2.05) is 38.1 Å². The van der Waals surface area contributed by atoms with Gasteiger partial charge >= 0.3 is 12.0 Å². The van der Waals surface area contributed by atoms with Crippen molar-refractivity contribution < 1.29 is 14.7 Å². The fraction of sp³-hybridized carbons (Fsp3) is 0.333. The molecule has 20 heavy (non-hydrogen) atoms. The molecule has 1 unspecified atom stereocenters. The van der Waals surface area contributed by atoms with Crippen molar-refractivity contribution in [2.75, 3.05) is 13.1 Å². The van der Waals surface area contributed by atoms with Gasteiger partial charge in [-0.25, -0.2) is 4.79 Å². The maximum Gasteiger partial charge on any atom is 0.323 e. The highest BCUT2D eigenvalue weighted by Gasteiger charge is 2.18. The van der Waals surface area contributed by atoms with Gasteiger partial charge < -0.3 is 15.3 Å². The summed E-state index contributed by atoms with van der Waals surface area (Å²) in [6.07, 6.45) is 5.14. The number of carboxylic acids is 1. The molecule has 5 heteroatoms. The molecule has 2 amide bonds. The molecule has 1 rings (SSSR count). The minimum absolute atomic E-state index is 0.0429. The van der Waals surface area contributed by atoms with Gasteiger partial charge in [-0.05, 0) is 19.4 Å². The summed E-state index contributed by atoms with van der Waals surface area (Å²) in [5.41, 5.74) is 2.08. The molecule has 0 aliphatic carbocycles. The Balaban J connectivity index is 2.69. The van der Waals surface area contributed by atoms with Crippen molar-refractivity contribution >= 4 is 12.0 Å². The topological polar surface area (TPSA) is 69.6 Å². The quantitative estimate of drug-likeness (QED) is 0.804. The van der Waals surface area contributed by atoms with Gasteiger partial charge in [-0.1, -0.05) is 35.7 Å². The lowest BCUT2D eigenvalue weighted by Crippen LogP contribution is -2.43. The molecule has 0 saturated heterocycles. The Bertz CT molecular complexity index is 517. The molecule has 0 aliphatic heterocycles. The number of hydrogen-bond acceptors (Lipinski definition) is 2. The number of amides is 2. The van der Waals surface area contributed by atoms with E-state index >= 15 is 0 Å². The van der Waals surface area contributed by atoms with E-state index in [1.165, 1.54) is 0 Å². The van der Waals surface area contributed by atoms with Gasteiger partial charge in [0.05, 0.1) is 12.6 Å². The highest BCUT2D eigenvalue weighted by atomic mass is 16.4. The number of terminal acetylenes is 1. The molecular weight excluding hydrogens is 256 g/mol. The van der Waals surface area contributed by atoms with Gasteiger partial charge in [-0.2, -0.15) is 0 Å². The van der Waals surface area contributed by atoms with E-state index in [9.17, 15) is 9.59 Å². The van der Waals surface area contributed by atoms with Gasteiger partial charge in [-0.3, -0.25) is 4.79 Å². The normalized spacial score (nSPS) is 11.2. The number of urea groups is 1. The van der Waals surface area contributed by atoms with Crippen molar-refractivity contribution in [3.05, 3.63) is 35.4 Å². The number of carbonyl (C=O) groups excluding carboxylic acids is 1. The molecule has 0 aliphatic rings. The van der Waals surface area contributed by atoms with Gasteiger partial charge in [0.15, 0.2) is 0 Å². The third-order valence-corrected chi connectivity index (χ3v) is 2.81. The van der Waals surface area contributed by atoms with Gasteiger partial charge in [0.2, 0.25) is 0 Å². The first-order chi connectivity index (χ1) is 9.43. The van der Waals surface area contributed by atoms with Gasteiger partial charge in [-0.15, -0.1) is 6.42 Å². The minimum Gasteiger partial charge on any atom is -0.480 e. The van der Waals surface area contributed by atoms with Crippen LogP contribution in [-0.2, 0) is 4.79 Å². The molecule has 0 fully saturated rings. The third-order valence-electron chi connectivity index (χ3n) is 2.81. The van der Waals surface area contributed by atoms with E-state index in [4.69, 9.17) is 11.5 Å². The molecule has 5 nitrogen and oxygen atoms in total. The van der Waals surface area contributed by atoms with E-state index in [-0.39, 0.29) is 12.6 Å². The summed E-state index contributed by atoms with van der Waals surface area (Å²) in [5, 5.41) is 11.5. The largest absolute Gasteiger partial charge is 0.480 e. The molecule has 0 aromatic heterocycles. The number of nitrogens with one attached hydrogen (secondary N) is 1.